The van der Waals surface area contributed by atoms with Crippen molar-refractivity contribution in [2.45, 2.75) is 18.6 Å². The maximum absolute atomic E-state index is 13.8. The number of amides is 2. The van der Waals surface area contributed by atoms with E-state index in [1.165, 1.54) is 23.8 Å². The minimum atomic E-state index is -0.878. The molecule has 0 saturated carbocycles. The van der Waals surface area contributed by atoms with Crippen LogP contribution in [0, 0.1) is 18.6 Å². The van der Waals surface area contributed by atoms with Crippen molar-refractivity contribution in [2.24, 2.45) is 4.99 Å². The average molecular weight is 433 g/mol. The molecule has 1 heterocycles. The highest BCUT2D eigenvalue weighted by Crippen LogP contribution is 2.32. The van der Waals surface area contributed by atoms with Crippen molar-refractivity contribution in [3.63, 3.8) is 0 Å². The van der Waals surface area contributed by atoms with Crippen LogP contribution in [-0.2, 0) is 14.3 Å². The predicted octanol–water partition coefficient (Wildman–Crippen LogP) is 3.88. The first-order chi connectivity index (χ1) is 14.4. The van der Waals surface area contributed by atoms with Crippen molar-refractivity contribution in [3.05, 3.63) is 59.7 Å². The molecular formula is C21H21F2N3O3S. The van der Waals surface area contributed by atoms with Crippen molar-refractivity contribution in [1.29, 1.82) is 0 Å². The fraction of sp³-hybridized carbons (Fsp3) is 0.286. The number of nitrogens with one attached hydrogen (secondary N) is 1. The SMILES string of the molecule is COCCN1C(=O)C(CC(=O)Nc2ccc(F)cc2F)SC1=Nc1ccccc1C. The number of aliphatic imine (C=N–C) groups is 1. The van der Waals surface area contributed by atoms with E-state index in [0.29, 0.717) is 24.4 Å². The molecule has 1 saturated heterocycles. The van der Waals surface area contributed by atoms with Crippen LogP contribution in [0.15, 0.2) is 47.5 Å². The first-order valence-electron chi connectivity index (χ1n) is 9.25. The Kier molecular flexibility index (Phi) is 7.17. The highest BCUT2D eigenvalue weighted by molar-refractivity contribution is 8.15. The first kappa shape index (κ1) is 21.9. The summed E-state index contributed by atoms with van der Waals surface area (Å²) < 4.78 is 31.9. The third kappa shape index (κ3) is 5.22. The molecule has 1 aliphatic heterocycles. The van der Waals surface area contributed by atoms with Crippen LogP contribution in [0.2, 0.25) is 0 Å². The Hall–Kier alpha value is -2.78. The molecule has 1 unspecified atom stereocenters. The van der Waals surface area contributed by atoms with Crippen LogP contribution in [0.3, 0.4) is 0 Å². The number of amidine groups is 1. The molecule has 1 aliphatic rings. The van der Waals surface area contributed by atoms with Gasteiger partial charge in [0.05, 0.1) is 24.5 Å². The zero-order chi connectivity index (χ0) is 21.7. The summed E-state index contributed by atoms with van der Waals surface area (Å²) in [5, 5.41) is 2.17. The van der Waals surface area contributed by atoms with Crippen LogP contribution >= 0.6 is 11.8 Å². The summed E-state index contributed by atoms with van der Waals surface area (Å²) in [7, 11) is 1.54. The molecule has 0 aromatic heterocycles. The van der Waals surface area contributed by atoms with Crippen LogP contribution in [0.4, 0.5) is 20.2 Å². The van der Waals surface area contributed by atoms with Crippen molar-refractivity contribution in [1.82, 2.24) is 4.90 Å². The smallest absolute Gasteiger partial charge is 0.242 e. The van der Waals surface area contributed by atoms with E-state index in [9.17, 15) is 18.4 Å². The number of benzene rings is 2. The number of nitrogens with zero attached hydrogens (tertiary/aromatic N) is 2. The maximum Gasteiger partial charge on any atom is 0.242 e. The molecule has 0 spiro atoms. The fourth-order valence-electron chi connectivity index (χ4n) is 2.87. The largest absolute Gasteiger partial charge is 0.383 e. The molecule has 2 aromatic rings. The molecule has 158 valence electrons. The van der Waals surface area contributed by atoms with E-state index < -0.39 is 22.8 Å². The summed E-state index contributed by atoms with van der Waals surface area (Å²) in [5.74, 6) is -2.43. The molecule has 1 fully saturated rings. The molecule has 1 N–H and O–H groups in total. The van der Waals surface area contributed by atoms with E-state index in [1.807, 2.05) is 31.2 Å². The fourth-order valence-corrected chi connectivity index (χ4v) is 4.04. The van der Waals surface area contributed by atoms with E-state index >= 15 is 0 Å². The Morgan fingerprint density at radius 1 is 1.27 bits per heavy atom. The molecule has 0 aliphatic carbocycles. The summed E-state index contributed by atoms with van der Waals surface area (Å²) in [4.78, 5) is 31.3. The van der Waals surface area contributed by atoms with Gasteiger partial charge in [0.2, 0.25) is 11.8 Å². The number of anilines is 1. The van der Waals surface area contributed by atoms with E-state index in [-0.39, 0.29) is 18.0 Å². The van der Waals surface area contributed by atoms with Crippen LogP contribution < -0.4 is 5.32 Å². The third-order valence-electron chi connectivity index (χ3n) is 4.45. The number of ether oxygens (including phenoxy) is 1. The molecule has 0 radical (unpaired) electrons. The second-order valence-electron chi connectivity index (χ2n) is 6.65. The molecule has 0 bridgehead atoms. The van der Waals surface area contributed by atoms with Gasteiger partial charge in [0, 0.05) is 19.6 Å². The van der Waals surface area contributed by atoms with Gasteiger partial charge in [-0.05, 0) is 30.7 Å². The maximum atomic E-state index is 13.8. The van der Waals surface area contributed by atoms with Gasteiger partial charge in [0.15, 0.2) is 5.17 Å². The molecular weight excluding hydrogens is 412 g/mol. The van der Waals surface area contributed by atoms with Gasteiger partial charge < -0.3 is 10.1 Å². The number of rotatable bonds is 7. The Labute approximate surface area is 177 Å². The Morgan fingerprint density at radius 2 is 2.03 bits per heavy atom. The van der Waals surface area contributed by atoms with Gasteiger partial charge in [0.25, 0.3) is 0 Å². The Balaban J connectivity index is 1.75. The summed E-state index contributed by atoms with van der Waals surface area (Å²) in [6.45, 7) is 2.54. The molecule has 3 rings (SSSR count). The minimum absolute atomic E-state index is 0.137. The third-order valence-corrected chi connectivity index (χ3v) is 5.62. The lowest BCUT2D eigenvalue weighted by Crippen LogP contribution is -2.35. The summed E-state index contributed by atoms with van der Waals surface area (Å²) >= 11 is 1.18. The first-order valence-corrected chi connectivity index (χ1v) is 10.1. The highest BCUT2D eigenvalue weighted by Gasteiger charge is 2.39. The summed E-state index contributed by atoms with van der Waals surface area (Å²) in [6, 6.07) is 10.4. The van der Waals surface area contributed by atoms with Crippen molar-refractivity contribution in [3.8, 4) is 0 Å². The molecule has 1 atom stereocenters. The summed E-state index contributed by atoms with van der Waals surface area (Å²) in [6.07, 6.45) is -0.170. The monoisotopic (exact) mass is 433 g/mol. The normalized spacial score (nSPS) is 17.6. The topological polar surface area (TPSA) is 71.0 Å². The van der Waals surface area contributed by atoms with Crippen LogP contribution in [0.1, 0.15) is 12.0 Å². The number of hydrogen-bond donors (Lipinski definition) is 1. The van der Waals surface area contributed by atoms with Crippen molar-refractivity contribution < 1.29 is 23.1 Å². The zero-order valence-electron chi connectivity index (χ0n) is 16.5. The van der Waals surface area contributed by atoms with Gasteiger partial charge in [-0.3, -0.25) is 14.5 Å². The number of carbonyl (C=O) groups is 2. The van der Waals surface area contributed by atoms with Gasteiger partial charge in [-0.2, -0.15) is 0 Å². The van der Waals surface area contributed by atoms with Gasteiger partial charge in [-0.15, -0.1) is 0 Å². The predicted molar refractivity (Wildman–Crippen MR) is 113 cm³/mol. The number of aryl methyl sites for hydroxylation is 1. The standard InChI is InChI=1S/C21H21F2N3O3S/c1-13-5-3-4-6-16(13)25-21-26(9-10-29-2)20(28)18(30-21)12-19(27)24-17-8-7-14(22)11-15(17)23/h3-8,11,18H,9-10,12H2,1-2H3,(H,24,27). The van der Waals surface area contributed by atoms with Crippen LogP contribution in [0.25, 0.3) is 0 Å². The Bertz CT molecular complexity index is 984. The van der Waals surface area contributed by atoms with Gasteiger partial charge in [0.1, 0.15) is 16.9 Å². The average Bonchev–Trinajstić information content (AvgIpc) is 2.98. The quantitative estimate of drug-likeness (QED) is 0.720. The number of thioether (sulfide) groups is 1. The lowest BCUT2D eigenvalue weighted by Gasteiger charge is -2.16. The van der Waals surface area contributed by atoms with E-state index in [2.05, 4.69) is 10.3 Å². The molecule has 9 heteroatoms. The molecule has 2 aromatic carbocycles. The van der Waals surface area contributed by atoms with Gasteiger partial charge in [-0.25, -0.2) is 13.8 Å². The van der Waals surface area contributed by atoms with Crippen molar-refractivity contribution in [2.75, 3.05) is 25.6 Å². The van der Waals surface area contributed by atoms with Crippen LogP contribution in [-0.4, -0.2) is 47.4 Å². The lowest BCUT2D eigenvalue weighted by molar-refractivity contribution is -0.128. The second-order valence-corrected chi connectivity index (χ2v) is 7.82. The molecule has 30 heavy (non-hydrogen) atoms. The minimum Gasteiger partial charge on any atom is -0.383 e. The van der Waals surface area contributed by atoms with Gasteiger partial charge in [-0.1, -0.05) is 30.0 Å². The van der Waals surface area contributed by atoms with Crippen molar-refractivity contribution >= 4 is 40.1 Å². The number of para-hydroxylation sites is 1. The zero-order valence-corrected chi connectivity index (χ0v) is 17.3. The summed E-state index contributed by atoms with van der Waals surface area (Å²) in [5.41, 5.74) is 1.55. The van der Waals surface area contributed by atoms with Crippen LogP contribution in [0.5, 0.6) is 0 Å². The molecule has 2 amide bonds. The number of halogens is 2. The highest BCUT2D eigenvalue weighted by atomic mass is 32.2. The number of methoxy groups -OCH3 is 1. The van der Waals surface area contributed by atoms with E-state index in [1.54, 1.807) is 0 Å². The second kappa shape index (κ2) is 9.82. The number of carbonyl (C=O) groups excluding carboxylic acids is 2. The van der Waals surface area contributed by atoms with E-state index in [0.717, 1.165) is 23.4 Å². The number of hydrogen-bond acceptors (Lipinski definition) is 5. The van der Waals surface area contributed by atoms with E-state index in [4.69, 9.17) is 4.74 Å². The van der Waals surface area contributed by atoms with Gasteiger partial charge >= 0.3 is 0 Å². The Morgan fingerprint density at radius 3 is 2.73 bits per heavy atom. The molecule has 6 nitrogen and oxygen atoms in total. The lowest BCUT2D eigenvalue weighted by atomic mass is 10.2.